The number of carboxylic acids is 1. The van der Waals surface area contributed by atoms with Crippen LogP contribution in [-0.4, -0.2) is 38.3 Å². The molecule has 0 spiro atoms. The number of imidazole rings is 1. The van der Waals surface area contributed by atoms with Crippen molar-refractivity contribution in [2.24, 2.45) is 0 Å². The fourth-order valence-electron chi connectivity index (χ4n) is 1.86. The van der Waals surface area contributed by atoms with Gasteiger partial charge in [-0.1, -0.05) is 11.8 Å². The average molecular weight is 297 g/mol. The Hall–Kier alpha value is -1.50. The number of aliphatic carboxylic acids is 1. The number of carbonyl (C=O) groups is 2. The topological polar surface area (TPSA) is 84.2 Å². The lowest BCUT2D eigenvalue weighted by Gasteiger charge is -2.07. The Morgan fingerprint density at radius 1 is 1.55 bits per heavy atom. The first-order valence-corrected chi connectivity index (χ1v) is 7.71. The van der Waals surface area contributed by atoms with E-state index in [-0.39, 0.29) is 11.7 Å². The predicted octanol–water partition coefficient (Wildman–Crippen LogP) is 1.43. The summed E-state index contributed by atoms with van der Waals surface area (Å²) in [5.74, 6) is -0.756. The molecule has 0 atom stereocenters. The Kier molecular flexibility index (Phi) is 5.05. The Bertz CT molecular complexity index is 497. The van der Waals surface area contributed by atoms with Crippen molar-refractivity contribution in [2.45, 2.75) is 50.4 Å². The minimum atomic E-state index is -0.856. The van der Waals surface area contributed by atoms with E-state index in [2.05, 4.69) is 10.3 Å². The average Bonchev–Trinajstić information content (AvgIpc) is 3.10. The standard InChI is InChI=1S/C13H19N3O3S/c1-9-7-16(13(14-9)20-8-12(18)19)6-2-3-11(17)15-10-4-5-10/h7,10H,2-6,8H2,1H3,(H,15,17)(H,18,19). The van der Waals surface area contributed by atoms with E-state index in [1.807, 2.05) is 17.7 Å². The maximum absolute atomic E-state index is 11.6. The first kappa shape index (κ1) is 14.9. The van der Waals surface area contributed by atoms with Gasteiger partial charge in [0, 0.05) is 25.2 Å². The van der Waals surface area contributed by atoms with E-state index in [0.29, 0.717) is 24.2 Å². The molecule has 1 amide bonds. The number of aromatic nitrogens is 2. The van der Waals surface area contributed by atoms with Crippen molar-refractivity contribution in [1.82, 2.24) is 14.9 Å². The van der Waals surface area contributed by atoms with Gasteiger partial charge in [-0.2, -0.15) is 0 Å². The van der Waals surface area contributed by atoms with Gasteiger partial charge in [0.25, 0.3) is 0 Å². The van der Waals surface area contributed by atoms with E-state index < -0.39 is 5.97 Å². The second kappa shape index (κ2) is 6.78. The van der Waals surface area contributed by atoms with Gasteiger partial charge in [-0.3, -0.25) is 9.59 Å². The maximum Gasteiger partial charge on any atom is 0.313 e. The fraction of sp³-hybridized carbons (Fsp3) is 0.615. The summed E-state index contributed by atoms with van der Waals surface area (Å²) in [6.45, 7) is 2.56. The number of rotatable bonds is 8. The van der Waals surface area contributed by atoms with Crippen LogP contribution in [0.15, 0.2) is 11.4 Å². The van der Waals surface area contributed by atoms with E-state index in [4.69, 9.17) is 5.11 Å². The normalized spacial score (nSPS) is 14.2. The molecule has 1 fully saturated rings. The molecule has 0 bridgehead atoms. The maximum atomic E-state index is 11.6. The number of carbonyl (C=O) groups excluding carboxylic acids is 1. The first-order valence-electron chi connectivity index (χ1n) is 6.72. The molecule has 1 saturated carbocycles. The molecule has 0 saturated heterocycles. The van der Waals surface area contributed by atoms with Gasteiger partial charge >= 0.3 is 5.97 Å². The van der Waals surface area contributed by atoms with Gasteiger partial charge in [-0.05, 0) is 26.2 Å². The van der Waals surface area contributed by atoms with Crippen molar-refractivity contribution in [1.29, 1.82) is 0 Å². The largest absolute Gasteiger partial charge is 0.481 e. The van der Waals surface area contributed by atoms with Crippen LogP contribution in [0.5, 0.6) is 0 Å². The zero-order valence-corrected chi connectivity index (χ0v) is 12.3. The number of aryl methyl sites for hydroxylation is 2. The summed E-state index contributed by atoms with van der Waals surface area (Å²) in [6, 6.07) is 0.402. The van der Waals surface area contributed by atoms with Gasteiger partial charge in [-0.25, -0.2) is 4.98 Å². The van der Waals surface area contributed by atoms with Crippen LogP contribution in [0.1, 0.15) is 31.4 Å². The van der Waals surface area contributed by atoms with Gasteiger partial charge < -0.3 is 15.0 Å². The molecular formula is C13H19N3O3S. The Labute approximate surface area is 122 Å². The van der Waals surface area contributed by atoms with Crippen LogP contribution in [0.25, 0.3) is 0 Å². The van der Waals surface area contributed by atoms with Crippen molar-refractivity contribution in [3.05, 3.63) is 11.9 Å². The Balaban J connectivity index is 1.78. The third-order valence-electron chi connectivity index (χ3n) is 2.93. The summed E-state index contributed by atoms with van der Waals surface area (Å²) in [7, 11) is 0. The van der Waals surface area contributed by atoms with Crippen molar-refractivity contribution >= 4 is 23.6 Å². The van der Waals surface area contributed by atoms with E-state index in [1.165, 1.54) is 11.8 Å². The van der Waals surface area contributed by atoms with Crippen LogP contribution in [0.3, 0.4) is 0 Å². The molecule has 1 aromatic rings. The minimum Gasteiger partial charge on any atom is -0.481 e. The molecule has 0 aliphatic heterocycles. The van der Waals surface area contributed by atoms with Crippen LogP contribution in [0.4, 0.5) is 0 Å². The van der Waals surface area contributed by atoms with Crippen LogP contribution < -0.4 is 5.32 Å². The van der Waals surface area contributed by atoms with E-state index >= 15 is 0 Å². The molecular weight excluding hydrogens is 278 g/mol. The van der Waals surface area contributed by atoms with Gasteiger partial charge in [0.2, 0.25) is 5.91 Å². The van der Waals surface area contributed by atoms with Gasteiger partial charge in [-0.15, -0.1) is 0 Å². The number of nitrogens with zero attached hydrogens (tertiary/aromatic N) is 2. The lowest BCUT2D eigenvalue weighted by Crippen LogP contribution is -2.25. The quantitative estimate of drug-likeness (QED) is 0.709. The zero-order valence-electron chi connectivity index (χ0n) is 11.5. The molecule has 7 heteroatoms. The van der Waals surface area contributed by atoms with Crippen molar-refractivity contribution in [3.8, 4) is 0 Å². The van der Waals surface area contributed by atoms with Gasteiger partial charge in [0.05, 0.1) is 11.4 Å². The summed E-state index contributed by atoms with van der Waals surface area (Å²) in [5, 5.41) is 12.4. The van der Waals surface area contributed by atoms with Gasteiger partial charge in [0.1, 0.15) is 0 Å². The Morgan fingerprint density at radius 2 is 2.30 bits per heavy atom. The van der Waals surface area contributed by atoms with Crippen molar-refractivity contribution in [3.63, 3.8) is 0 Å². The summed E-state index contributed by atoms with van der Waals surface area (Å²) in [5.41, 5.74) is 0.861. The summed E-state index contributed by atoms with van der Waals surface area (Å²) in [6.07, 6.45) is 5.32. The third kappa shape index (κ3) is 4.88. The fourth-order valence-corrected chi connectivity index (χ4v) is 2.63. The second-order valence-corrected chi connectivity index (χ2v) is 5.93. The first-order chi connectivity index (χ1) is 9.54. The number of amides is 1. The van der Waals surface area contributed by atoms with Crippen LogP contribution in [0, 0.1) is 6.92 Å². The molecule has 0 unspecified atom stereocenters. The molecule has 110 valence electrons. The summed E-state index contributed by atoms with van der Waals surface area (Å²) in [4.78, 5) is 26.5. The van der Waals surface area contributed by atoms with Crippen molar-refractivity contribution in [2.75, 3.05) is 5.75 Å². The lowest BCUT2D eigenvalue weighted by atomic mass is 10.3. The molecule has 2 rings (SSSR count). The highest BCUT2D eigenvalue weighted by Crippen LogP contribution is 2.20. The van der Waals surface area contributed by atoms with Crippen molar-refractivity contribution < 1.29 is 14.7 Å². The second-order valence-electron chi connectivity index (χ2n) is 4.99. The molecule has 20 heavy (non-hydrogen) atoms. The Morgan fingerprint density at radius 3 is 2.95 bits per heavy atom. The predicted molar refractivity (Wildman–Crippen MR) is 75.7 cm³/mol. The third-order valence-corrected chi connectivity index (χ3v) is 3.91. The molecule has 1 heterocycles. The minimum absolute atomic E-state index is 0.00137. The number of thioether (sulfide) groups is 1. The molecule has 0 radical (unpaired) electrons. The zero-order chi connectivity index (χ0) is 14.5. The van der Waals surface area contributed by atoms with Crippen LogP contribution >= 0.6 is 11.8 Å². The SMILES string of the molecule is Cc1cn(CCCC(=O)NC2CC2)c(SCC(=O)O)n1. The molecule has 6 nitrogen and oxygen atoms in total. The number of hydrogen-bond donors (Lipinski definition) is 2. The molecule has 1 aliphatic carbocycles. The molecule has 1 aromatic heterocycles. The highest BCUT2D eigenvalue weighted by atomic mass is 32.2. The van der Waals surface area contributed by atoms with E-state index in [9.17, 15) is 9.59 Å². The highest BCUT2D eigenvalue weighted by molar-refractivity contribution is 7.99. The van der Waals surface area contributed by atoms with Crippen LogP contribution in [0.2, 0.25) is 0 Å². The monoisotopic (exact) mass is 297 g/mol. The number of nitrogens with one attached hydrogen (secondary N) is 1. The van der Waals surface area contributed by atoms with Crippen LogP contribution in [-0.2, 0) is 16.1 Å². The van der Waals surface area contributed by atoms with E-state index in [0.717, 1.165) is 25.0 Å². The highest BCUT2D eigenvalue weighted by Gasteiger charge is 2.22. The smallest absolute Gasteiger partial charge is 0.313 e. The summed E-state index contributed by atoms with van der Waals surface area (Å²) >= 11 is 1.21. The summed E-state index contributed by atoms with van der Waals surface area (Å²) < 4.78 is 1.92. The lowest BCUT2D eigenvalue weighted by molar-refractivity contribution is -0.134. The van der Waals surface area contributed by atoms with E-state index in [1.54, 1.807) is 0 Å². The number of hydrogen-bond acceptors (Lipinski definition) is 4. The number of carboxylic acid groups (broad SMARTS) is 1. The van der Waals surface area contributed by atoms with Gasteiger partial charge in [0.15, 0.2) is 5.16 Å². The molecule has 2 N–H and O–H groups in total. The molecule has 1 aliphatic rings. The molecule has 0 aromatic carbocycles.